The molecule has 0 radical (unpaired) electrons. The van der Waals surface area contributed by atoms with E-state index in [9.17, 15) is 9.59 Å². The summed E-state index contributed by atoms with van der Waals surface area (Å²) < 4.78 is 2.10. The first-order valence-electron chi connectivity index (χ1n) is 9.24. The Labute approximate surface area is 170 Å². The quantitative estimate of drug-likeness (QED) is 0.746. The highest BCUT2D eigenvalue weighted by atomic mass is 32.2. The number of carbonyl (C=O) groups excluding carboxylic acids is 2. The van der Waals surface area contributed by atoms with Gasteiger partial charge in [0, 0.05) is 18.4 Å². The number of hydrogen-bond acceptors (Lipinski definition) is 5. The predicted molar refractivity (Wildman–Crippen MR) is 116 cm³/mol. The van der Waals surface area contributed by atoms with Gasteiger partial charge >= 0.3 is 0 Å². The third kappa shape index (κ3) is 4.40. The van der Waals surface area contributed by atoms with Crippen LogP contribution in [-0.4, -0.2) is 20.9 Å². The van der Waals surface area contributed by atoms with Gasteiger partial charge in [-0.15, -0.1) is 0 Å². The van der Waals surface area contributed by atoms with E-state index in [1.807, 2.05) is 30.5 Å². The smallest absolute Gasteiger partial charge is 0.238 e. The lowest BCUT2D eigenvalue weighted by atomic mass is 10.1. The maximum absolute atomic E-state index is 12.7. The Kier molecular flexibility index (Phi) is 5.69. The molecule has 2 aliphatic heterocycles. The minimum atomic E-state index is -0.378. The van der Waals surface area contributed by atoms with Gasteiger partial charge in [0.15, 0.2) is 0 Å². The van der Waals surface area contributed by atoms with Gasteiger partial charge in [-0.3, -0.25) is 9.59 Å². The Hall–Kier alpha value is -2.30. The molecular formula is C21H22N3O2PS. The maximum atomic E-state index is 12.7. The van der Waals surface area contributed by atoms with E-state index in [0.717, 1.165) is 36.0 Å². The van der Waals surface area contributed by atoms with Gasteiger partial charge in [0.2, 0.25) is 11.0 Å². The molecule has 7 heteroatoms. The average Bonchev–Trinajstić information content (AvgIpc) is 3.10. The number of amides is 1. The van der Waals surface area contributed by atoms with E-state index in [1.54, 1.807) is 0 Å². The van der Waals surface area contributed by atoms with Crippen LogP contribution in [0, 0.1) is 6.92 Å². The Balaban J connectivity index is 1.37. The summed E-state index contributed by atoms with van der Waals surface area (Å²) in [5, 5.41) is 5.69. The fourth-order valence-electron chi connectivity index (χ4n) is 3.23. The van der Waals surface area contributed by atoms with Crippen molar-refractivity contribution >= 4 is 37.4 Å². The summed E-state index contributed by atoms with van der Waals surface area (Å²) in [7, 11) is 0.330. The van der Waals surface area contributed by atoms with Gasteiger partial charge in [0.25, 0.3) is 0 Å². The van der Waals surface area contributed by atoms with E-state index < -0.39 is 0 Å². The second-order valence-corrected chi connectivity index (χ2v) is 9.20. The van der Waals surface area contributed by atoms with Gasteiger partial charge in [-0.05, 0) is 37.0 Å². The highest BCUT2D eigenvalue weighted by molar-refractivity contribution is 8.15. The van der Waals surface area contributed by atoms with E-state index in [2.05, 4.69) is 46.3 Å². The van der Waals surface area contributed by atoms with E-state index in [1.165, 1.54) is 11.1 Å². The SMILES string of the molecule is Cc1ccc(CN2C=C(C(=O)S[C@H]3CCc4ccccc4NC3=O)NP2)cc1. The lowest BCUT2D eigenvalue weighted by Gasteiger charge is -2.13. The Morgan fingerprint density at radius 3 is 2.82 bits per heavy atom. The van der Waals surface area contributed by atoms with Gasteiger partial charge in [-0.25, -0.2) is 0 Å². The van der Waals surface area contributed by atoms with Crippen molar-refractivity contribution in [2.24, 2.45) is 0 Å². The minimum Gasteiger partial charge on any atom is -0.345 e. The molecule has 0 fully saturated rings. The molecule has 2 N–H and O–H groups in total. The lowest BCUT2D eigenvalue weighted by Crippen LogP contribution is -2.26. The van der Waals surface area contributed by atoms with Crippen molar-refractivity contribution in [2.75, 3.05) is 5.32 Å². The highest BCUT2D eigenvalue weighted by Crippen LogP contribution is 2.32. The molecular weight excluding hydrogens is 389 g/mol. The molecule has 1 amide bonds. The monoisotopic (exact) mass is 411 g/mol. The summed E-state index contributed by atoms with van der Waals surface area (Å²) in [4.78, 5) is 25.2. The van der Waals surface area contributed by atoms with Crippen LogP contribution < -0.4 is 10.4 Å². The number of para-hydroxylation sites is 1. The van der Waals surface area contributed by atoms with Gasteiger partial charge in [-0.1, -0.05) is 59.8 Å². The van der Waals surface area contributed by atoms with Crippen molar-refractivity contribution in [1.29, 1.82) is 0 Å². The molecule has 28 heavy (non-hydrogen) atoms. The standard InChI is InChI=1S/C21H22N3O2PS/c1-14-6-8-15(9-7-14)12-24-13-18(23-27-24)21(26)28-19-11-10-16-4-2-3-5-17(16)22-20(19)25/h2-9,13,19,23,27H,10-12H2,1H3,(H,22,25)/t19-/m0/s1. The Morgan fingerprint density at radius 2 is 2.00 bits per heavy atom. The topological polar surface area (TPSA) is 61.4 Å². The molecule has 0 saturated heterocycles. The molecule has 2 atom stereocenters. The fraction of sp³-hybridized carbons (Fsp3) is 0.238. The van der Waals surface area contributed by atoms with Crippen molar-refractivity contribution in [2.45, 2.75) is 31.6 Å². The Bertz CT molecular complexity index is 930. The Morgan fingerprint density at radius 1 is 1.21 bits per heavy atom. The predicted octanol–water partition coefficient (Wildman–Crippen LogP) is 3.96. The van der Waals surface area contributed by atoms with Crippen LogP contribution in [0.5, 0.6) is 0 Å². The summed E-state index contributed by atoms with van der Waals surface area (Å²) >= 11 is 1.12. The number of carbonyl (C=O) groups is 2. The number of aryl methyl sites for hydroxylation is 2. The van der Waals surface area contributed by atoms with Crippen molar-refractivity contribution < 1.29 is 9.59 Å². The molecule has 0 bridgehead atoms. The van der Waals surface area contributed by atoms with Gasteiger partial charge in [0.05, 0.1) is 14.1 Å². The zero-order valence-electron chi connectivity index (χ0n) is 15.6. The molecule has 2 heterocycles. The molecule has 2 aromatic rings. The van der Waals surface area contributed by atoms with Crippen LogP contribution in [0.15, 0.2) is 60.4 Å². The van der Waals surface area contributed by atoms with E-state index >= 15 is 0 Å². The number of thioether (sulfide) groups is 1. The zero-order valence-corrected chi connectivity index (χ0v) is 17.4. The van der Waals surface area contributed by atoms with Gasteiger partial charge in [0.1, 0.15) is 5.70 Å². The van der Waals surface area contributed by atoms with Crippen LogP contribution >= 0.6 is 20.6 Å². The van der Waals surface area contributed by atoms with Crippen LogP contribution in [-0.2, 0) is 22.6 Å². The number of hydrogen-bond donors (Lipinski definition) is 2. The number of fused-ring (bicyclic) bond motifs is 1. The van der Waals surface area contributed by atoms with E-state index in [0.29, 0.717) is 21.0 Å². The van der Waals surface area contributed by atoms with Crippen molar-refractivity contribution in [1.82, 2.24) is 9.76 Å². The average molecular weight is 411 g/mol. The molecule has 2 aromatic carbocycles. The van der Waals surface area contributed by atoms with Crippen molar-refractivity contribution in [3.8, 4) is 0 Å². The molecule has 2 aliphatic rings. The van der Waals surface area contributed by atoms with Crippen LogP contribution in [0.1, 0.15) is 23.1 Å². The first kappa shape index (κ1) is 19.0. The second-order valence-electron chi connectivity index (χ2n) is 6.97. The molecule has 0 aromatic heterocycles. The minimum absolute atomic E-state index is 0.0787. The van der Waals surface area contributed by atoms with Crippen LogP contribution in [0.2, 0.25) is 0 Å². The van der Waals surface area contributed by atoms with Crippen molar-refractivity contribution in [3.05, 3.63) is 77.1 Å². The summed E-state index contributed by atoms with van der Waals surface area (Å²) in [6.07, 6.45) is 3.31. The molecule has 0 spiro atoms. The fourth-order valence-corrected chi connectivity index (χ4v) is 5.11. The lowest BCUT2D eigenvalue weighted by molar-refractivity contribution is -0.116. The second kappa shape index (κ2) is 8.38. The van der Waals surface area contributed by atoms with Crippen LogP contribution in [0.3, 0.4) is 0 Å². The maximum Gasteiger partial charge on any atom is 0.238 e. The molecule has 1 unspecified atom stereocenters. The molecule has 0 saturated carbocycles. The van der Waals surface area contributed by atoms with Gasteiger partial charge < -0.3 is 15.1 Å². The third-order valence-electron chi connectivity index (χ3n) is 4.81. The largest absolute Gasteiger partial charge is 0.345 e. The van der Waals surface area contributed by atoms with Gasteiger partial charge in [-0.2, -0.15) is 0 Å². The number of benzene rings is 2. The first-order chi connectivity index (χ1) is 13.6. The normalized spacial score (nSPS) is 19.5. The number of nitrogens with one attached hydrogen (secondary N) is 2. The third-order valence-corrected chi connectivity index (χ3v) is 6.93. The molecule has 0 aliphatic carbocycles. The van der Waals surface area contributed by atoms with E-state index in [4.69, 9.17) is 0 Å². The van der Waals surface area contributed by atoms with Crippen molar-refractivity contribution in [3.63, 3.8) is 0 Å². The summed E-state index contributed by atoms with van der Waals surface area (Å²) in [5.74, 6) is -0.0964. The number of nitrogens with zero attached hydrogens (tertiary/aromatic N) is 1. The molecule has 144 valence electrons. The summed E-state index contributed by atoms with van der Waals surface area (Å²) in [5.41, 5.74) is 4.99. The highest BCUT2D eigenvalue weighted by Gasteiger charge is 2.29. The molecule has 5 nitrogen and oxygen atoms in total. The summed E-state index contributed by atoms with van der Waals surface area (Å²) in [6.45, 7) is 2.82. The number of rotatable bonds is 4. The number of anilines is 1. The zero-order chi connectivity index (χ0) is 19.5. The first-order valence-corrected chi connectivity index (χ1v) is 11.1. The van der Waals surface area contributed by atoms with Crippen LogP contribution in [0.4, 0.5) is 5.69 Å². The molecule has 4 rings (SSSR count). The summed E-state index contributed by atoms with van der Waals surface area (Å²) in [6, 6.07) is 16.2. The van der Waals surface area contributed by atoms with E-state index in [-0.39, 0.29) is 16.3 Å². The van der Waals surface area contributed by atoms with Crippen LogP contribution in [0.25, 0.3) is 0 Å².